The van der Waals surface area contributed by atoms with E-state index in [2.05, 4.69) is 5.32 Å². The van der Waals surface area contributed by atoms with Crippen molar-refractivity contribution >= 4 is 11.6 Å². The molecular formula is C11H16N2O. The normalized spacial score (nSPS) is 12.1. The molecule has 1 aromatic carbocycles. The number of amides is 1. The van der Waals surface area contributed by atoms with Gasteiger partial charge in [-0.3, -0.25) is 4.79 Å². The van der Waals surface area contributed by atoms with Crippen molar-refractivity contribution in [2.45, 2.75) is 19.3 Å². The molecule has 3 nitrogen and oxygen atoms in total. The Balaban J connectivity index is 2.71. The van der Waals surface area contributed by atoms with E-state index in [1.165, 1.54) is 0 Å². The van der Waals surface area contributed by atoms with Gasteiger partial charge >= 0.3 is 0 Å². The monoisotopic (exact) mass is 192 g/mol. The van der Waals surface area contributed by atoms with Crippen LogP contribution in [0, 0.1) is 0 Å². The maximum absolute atomic E-state index is 10.7. The minimum Gasteiger partial charge on any atom is -0.388 e. The number of nitrogens with one attached hydrogen (secondary N) is 1. The second kappa shape index (κ2) is 4.65. The first-order valence-electron chi connectivity index (χ1n) is 4.69. The summed E-state index contributed by atoms with van der Waals surface area (Å²) in [5.41, 5.74) is 7.35. The molecule has 3 N–H and O–H groups in total. The summed E-state index contributed by atoms with van der Waals surface area (Å²) in [6, 6.07) is 8.01. The number of primary amides is 1. The highest BCUT2D eigenvalue weighted by Crippen LogP contribution is 2.20. The maximum Gasteiger partial charge on any atom is 0.218 e. The van der Waals surface area contributed by atoms with Gasteiger partial charge in [0.05, 0.1) is 0 Å². The van der Waals surface area contributed by atoms with Crippen LogP contribution in [0.5, 0.6) is 0 Å². The van der Waals surface area contributed by atoms with Gasteiger partial charge in [-0.15, -0.1) is 0 Å². The quantitative estimate of drug-likeness (QED) is 0.763. The average Bonchev–Trinajstić information content (AvgIpc) is 2.17. The van der Waals surface area contributed by atoms with Crippen LogP contribution in [0.3, 0.4) is 0 Å². The lowest BCUT2D eigenvalue weighted by Crippen LogP contribution is -2.13. The van der Waals surface area contributed by atoms with E-state index in [1.54, 1.807) is 0 Å². The second-order valence-electron chi connectivity index (χ2n) is 3.44. The highest BCUT2D eigenvalue weighted by atomic mass is 16.1. The molecule has 14 heavy (non-hydrogen) atoms. The molecule has 3 heteroatoms. The van der Waals surface area contributed by atoms with Crippen LogP contribution in [0.1, 0.15) is 24.8 Å². The Hall–Kier alpha value is -1.51. The van der Waals surface area contributed by atoms with Gasteiger partial charge in [-0.05, 0) is 23.6 Å². The third kappa shape index (κ3) is 2.76. The first-order chi connectivity index (χ1) is 6.63. The Labute approximate surface area is 84.3 Å². The van der Waals surface area contributed by atoms with Crippen LogP contribution < -0.4 is 11.1 Å². The van der Waals surface area contributed by atoms with E-state index < -0.39 is 0 Å². The Bertz CT molecular complexity index is 306. The molecule has 0 bridgehead atoms. The molecule has 0 heterocycles. The average molecular weight is 192 g/mol. The first kappa shape index (κ1) is 10.6. The summed E-state index contributed by atoms with van der Waals surface area (Å²) in [5, 5.41) is 3.04. The number of carbonyl (C=O) groups is 1. The maximum atomic E-state index is 10.7. The predicted octanol–water partition coefficient (Wildman–Crippen LogP) is 1.71. The van der Waals surface area contributed by atoms with Crippen molar-refractivity contribution in [1.29, 1.82) is 0 Å². The van der Waals surface area contributed by atoms with E-state index in [-0.39, 0.29) is 11.8 Å². The number of carbonyl (C=O) groups excluding carboxylic acids is 1. The summed E-state index contributed by atoms with van der Waals surface area (Å²) < 4.78 is 0. The molecule has 0 aromatic heterocycles. The second-order valence-corrected chi connectivity index (χ2v) is 3.44. The van der Waals surface area contributed by atoms with Crippen molar-refractivity contribution in [3.05, 3.63) is 29.8 Å². The zero-order valence-electron chi connectivity index (χ0n) is 8.58. The summed E-state index contributed by atoms with van der Waals surface area (Å²) in [5.74, 6) is -0.0615. The fraction of sp³-hybridized carbons (Fsp3) is 0.364. The highest BCUT2D eigenvalue weighted by Gasteiger charge is 2.07. The molecule has 1 unspecified atom stereocenters. The molecule has 76 valence electrons. The van der Waals surface area contributed by atoms with Crippen LogP contribution in [-0.4, -0.2) is 13.0 Å². The smallest absolute Gasteiger partial charge is 0.218 e. The predicted molar refractivity (Wildman–Crippen MR) is 58.2 cm³/mol. The molecule has 0 aliphatic rings. The summed E-state index contributed by atoms with van der Waals surface area (Å²) in [4.78, 5) is 10.7. The van der Waals surface area contributed by atoms with Gasteiger partial charge < -0.3 is 11.1 Å². The van der Waals surface area contributed by atoms with Gasteiger partial charge in [0.1, 0.15) is 0 Å². The van der Waals surface area contributed by atoms with Crippen LogP contribution in [-0.2, 0) is 4.79 Å². The molecule has 0 fully saturated rings. The third-order valence-corrected chi connectivity index (χ3v) is 2.28. The van der Waals surface area contributed by atoms with E-state index in [0.29, 0.717) is 6.42 Å². The standard InChI is InChI=1S/C11H16N2O/c1-8(7-11(12)14)9-3-5-10(13-2)6-4-9/h3-6,8,13H,7H2,1-2H3,(H2,12,14). The fourth-order valence-electron chi connectivity index (χ4n) is 1.40. The van der Waals surface area contributed by atoms with Crippen molar-refractivity contribution in [1.82, 2.24) is 0 Å². The van der Waals surface area contributed by atoms with Gasteiger partial charge in [-0.2, -0.15) is 0 Å². The van der Waals surface area contributed by atoms with E-state index >= 15 is 0 Å². The Morgan fingerprint density at radius 2 is 2.00 bits per heavy atom. The summed E-state index contributed by atoms with van der Waals surface area (Å²) >= 11 is 0. The van der Waals surface area contributed by atoms with Crippen LogP contribution in [0.15, 0.2) is 24.3 Å². The molecule has 0 saturated heterocycles. The van der Waals surface area contributed by atoms with Crippen molar-refractivity contribution in [2.24, 2.45) is 5.73 Å². The molecule has 0 aliphatic heterocycles. The number of hydrogen-bond acceptors (Lipinski definition) is 2. The summed E-state index contributed by atoms with van der Waals surface area (Å²) in [6.07, 6.45) is 0.402. The van der Waals surface area contributed by atoms with Crippen molar-refractivity contribution in [3.8, 4) is 0 Å². The SMILES string of the molecule is CNc1ccc(C(C)CC(N)=O)cc1. The number of rotatable bonds is 4. The van der Waals surface area contributed by atoms with Crippen LogP contribution >= 0.6 is 0 Å². The van der Waals surface area contributed by atoms with Gasteiger partial charge in [0.25, 0.3) is 0 Å². The number of benzene rings is 1. The third-order valence-electron chi connectivity index (χ3n) is 2.28. The summed E-state index contributed by atoms with van der Waals surface area (Å²) in [6.45, 7) is 2.00. The molecule has 0 aliphatic carbocycles. The number of nitrogens with two attached hydrogens (primary N) is 1. The minimum atomic E-state index is -0.254. The number of anilines is 1. The van der Waals surface area contributed by atoms with Crippen LogP contribution in [0.2, 0.25) is 0 Å². The molecule has 0 radical (unpaired) electrons. The Morgan fingerprint density at radius 1 is 1.43 bits per heavy atom. The number of hydrogen-bond donors (Lipinski definition) is 2. The van der Waals surface area contributed by atoms with Gasteiger partial charge in [0, 0.05) is 19.2 Å². The lowest BCUT2D eigenvalue weighted by atomic mass is 9.97. The van der Waals surface area contributed by atoms with Crippen molar-refractivity contribution < 1.29 is 4.79 Å². The highest BCUT2D eigenvalue weighted by molar-refractivity contribution is 5.74. The lowest BCUT2D eigenvalue weighted by Gasteiger charge is -2.10. The van der Waals surface area contributed by atoms with Gasteiger partial charge in [-0.1, -0.05) is 19.1 Å². The van der Waals surface area contributed by atoms with E-state index in [9.17, 15) is 4.79 Å². The molecule has 0 saturated carbocycles. The van der Waals surface area contributed by atoms with Crippen molar-refractivity contribution in [3.63, 3.8) is 0 Å². The molecule has 1 atom stereocenters. The van der Waals surface area contributed by atoms with E-state index in [1.807, 2.05) is 38.2 Å². The molecule has 1 rings (SSSR count). The van der Waals surface area contributed by atoms with Gasteiger partial charge in [0.15, 0.2) is 0 Å². The van der Waals surface area contributed by atoms with Crippen LogP contribution in [0.25, 0.3) is 0 Å². The zero-order chi connectivity index (χ0) is 10.6. The topological polar surface area (TPSA) is 55.1 Å². The van der Waals surface area contributed by atoms with E-state index in [0.717, 1.165) is 11.3 Å². The molecule has 1 aromatic rings. The zero-order valence-corrected chi connectivity index (χ0v) is 8.58. The van der Waals surface area contributed by atoms with E-state index in [4.69, 9.17) is 5.73 Å². The van der Waals surface area contributed by atoms with Crippen molar-refractivity contribution in [2.75, 3.05) is 12.4 Å². The van der Waals surface area contributed by atoms with Crippen LogP contribution in [0.4, 0.5) is 5.69 Å². The molecule has 1 amide bonds. The Morgan fingerprint density at radius 3 is 2.43 bits per heavy atom. The lowest BCUT2D eigenvalue weighted by molar-refractivity contribution is -0.118. The van der Waals surface area contributed by atoms with Gasteiger partial charge in [0.2, 0.25) is 5.91 Å². The summed E-state index contributed by atoms with van der Waals surface area (Å²) in [7, 11) is 1.88. The van der Waals surface area contributed by atoms with Gasteiger partial charge in [-0.25, -0.2) is 0 Å². The minimum absolute atomic E-state index is 0.193. The fourth-order valence-corrected chi connectivity index (χ4v) is 1.40. The molecule has 0 spiro atoms. The molecular weight excluding hydrogens is 176 g/mol. The first-order valence-corrected chi connectivity index (χ1v) is 4.69. The largest absolute Gasteiger partial charge is 0.388 e. The Kier molecular flexibility index (Phi) is 3.51.